The van der Waals surface area contributed by atoms with Crippen LogP contribution in [-0.4, -0.2) is 40.5 Å². The van der Waals surface area contributed by atoms with Gasteiger partial charge in [0, 0.05) is 45.3 Å². The summed E-state index contributed by atoms with van der Waals surface area (Å²) in [5.41, 5.74) is 9.05. The third-order valence-corrected chi connectivity index (χ3v) is 2.97. The molecule has 0 aliphatic carbocycles. The lowest BCUT2D eigenvalue weighted by atomic mass is 10.1. The molecule has 18 heavy (non-hydrogen) atoms. The van der Waals surface area contributed by atoms with Crippen LogP contribution in [0.2, 0.25) is 0 Å². The second-order valence-electron chi connectivity index (χ2n) is 4.37. The molecule has 0 bridgehead atoms. The van der Waals surface area contributed by atoms with Crippen LogP contribution in [0.25, 0.3) is 0 Å². The Hall–Kier alpha value is -1.26. The van der Waals surface area contributed by atoms with Gasteiger partial charge in [-0.25, -0.2) is 0 Å². The molecule has 0 fully saturated rings. The molecule has 0 radical (unpaired) electrons. The van der Waals surface area contributed by atoms with Gasteiger partial charge >= 0.3 is 0 Å². The predicted octanol–water partition coefficient (Wildman–Crippen LogP) is 2.07. The van der Waals surface area contributed by atoms with Crippen LogP contribution in [0.15, 0.2) is 18.2 Å². The van der Waals surface area contributed by atoms with Gasteiger partial charge in [-0.05, 0) is 31.0 Å². The van der Waals surface area contributed by atoms with E-state index in [1.165, 1.54) is 0 Å². The van der Waals surface area contributed by atoms with Crippen molar-refractivity contribution in [3.8, 4) is 0 Å². The van der Waals surface area contributed by atoms with Crippen LogP contribution in [0.5, 0.6) is 0 Å². The van der Waals surface area contributed by atoms with Crippen molar-refractivity contribution in [2.24, 2.45) is 0 Å². The molecule has 4 heteroatoms. The zero-order chi connectivity index (χ0) is 13.4. The van der Waals surface area contributed by atoms with Crippen LogP contribution in [0.4, 0.5) is 11.4 Å². The van der Waals surface area contributed by atoms with Crippen LogP contribution in [0.1, 0.15) is 12.0 Å². The summed E-state index contributed by atoms with van der Waals surface area (Å²) in [6.45, 7) is 5.30. The van der Waals surface area contributed by atoms with Crippen molar-refractivity contribution in [1.29, 1.82) is 0 Å². The topological polar surface area (TPSA) is 47.7 Å². The number of benzene rings is 1. The number of nitrogens with zero attached hydrogens (tertiary/aromatic N) is 1. The molecular formula is C14H24N2O2. The summed E-state index contributed by atoms with van der Waals surface area (Å²) in [5.74, 6) is 0. The molecule has 0 aliphatic rings. The molecule has 2 N–H and O–H groups in total. The van der Waals surface area contributed by atoms with E-state index in [9.17, 15) is 0 Å². The minimum Gasteiger partial charge on any atom is -0.398 e. The van der Waals surface area contributed by atoms with E-state index in [2.05, 4.69) is 17.0 Å². The highest BCUT2D eigenvalue weighted by Gasteiger charge is 2.07. The predicted molar refractivity (Wildman–Crippen MR) is 76.2 cm³/mol. The molecule has 0 aliphatic heterocycles. The van der Waals surface area contributed by atoms with Crippen molar-refractivity contribution in [3.63, 3.8) is 0 Å². The minimum absolute atomic E-state index is 0.709. The quantitative estimate of drug-likeness (QED) is 0.568. The Morgan fingerprint density at radius 2 is 1.83 bits per heavy atom. The molecule has 0 aromatic heterocycles. The van der Waals surface area contributed by atoms with E-state index in [1.807, 2.05) is 13.0 Å². The first-order chi connectivity index (χ1) is 8.69. The Morgan fingerprint density at radius 1 is 1.11 bits per heavy atom. The van der Waals surface area contributed by atoms with Crippen LogP contribution in [0, 0.1) is 6.92 Å². The fraction of sp³-hybridized carbons (Fsp3) is 0.571. The minimum atomic E-state index is 0.709. The molecule has 1 rings (SSSR count). The lowest BCUT2D eigenvalue weighted by Crippen LogP contribution is -2.29. The first kappa shape index (κ1) is 14.8. The maximum Gasteiger partial charge on any atom is 0.0637 e. The molecule has 0 amide bonds. The summed E-state index contributed by atoms with van der Waals surface area (Å²) in [5, 5.41) is 0. The zero-order valence-electron chi connectivity index (χ0n) is 11.6. The maximum absolute atomic E-state index is 5.96. The molecule has 0 atom stereocenters. The standard InChI is InChI=1S/C14H24N2O2/c1-12-5-6-13(11-14(12)15)16(8-10-18-3)7-4-9-17-2/h5-6,11H,4,7-10,15H2,1-3H3. The van der Waals surface area contributed by atoms with Crippen molar-refractivity contribution in [2.45, 2.75) is 13.3 Å². The molecule has 102 valence electrons. The highest BCUT2D eigenvalue weighted by molar-refractivity contribution is 5.59. The number of anilines is 2. The summed E-state index contributed by atoms with van der Waals surface area (Å²) in [6.07, 6.45) is 0.994. The first-order valence-electron chi connectivity index (χ1n) is 6.28. The number of ether oxygens (including phenoxy) is 2. The van der Waals surface area contributed by atoms with Gasteiger partial charge in [-0.3, -0.25) is 0 Å². The number of aryl methyl sites for hydroxylation is 1. The first-order valence-corrected chi connectivity index (χ1v) is 6.28. The molecule has 0 unspecified atom stereocenters. The zero-order valence-corrected chi connectivity index (χ0v) is 11.6. The number of hydrogen-bond donors (Lipinski definition) is 1. The van der Waals surface area contributed by atoms with Crippen molar-refractivity contribution in [2.75, 3.05) is 51.2 Å². The van der Waals surface area contributed by atoms with Gasteiger partial charge in [-0.15, -0.1) is 0 Å². The van der Waals surface area contributed by atoms with Crippen LogP contribution >= 0.6 is 0 Å². The maximum atomic E-state index is 5.96. The molecule has 0 heterocycles. The van der Waals surface area contributed by atoms with E-state index in [0.29, 0.717) is 6.61 Å². The summed E-state index contributed by atoms with van der Waals surface area (Å²) in [4.78, 5) is 2.28. The summed E-state index contributed by atoms with van der Waals surface area (Å²) in [6, 6.07) is 6.19. The lowest BCUT2D eigenvalue weighted by Gasteiger charge is -2.25. The molecular weight excluding hydrogens is 228 g/mol. The Kier molecular flexibility index (Phi) is 6.54. The second-order valence-corrected chi connectivity index (χ2v) is 4.37. The highest BCUT2D eigenvalue weighted by atomic mass is 16.5. The van der Waals surface area contributed by atoms with Crippen molar-refractivity contribution >= 4 is 11.4 Å². The van der Waals surface area contributed by atoms with E-state index < -0.39 is 0 Å². The second kappa shape index (κ2) is 7.95. The molecule has 1 aromatic rings. The Labute approximate surface area is 110 Å². The Balaban J connectivity index is 2.70. The molecule has 4 nitrogen and oxygen atoms in total. The molecule has 0 saturated heterocycles. The largest absolute Gasteiger partial charge is 0.398 e. The summed E-state index contributed by atoms with van der Waals surface area (Å²) >= 11 is 0. The van der Waals surface area contributed by atoms with Crippen LogP contribution in [-0.2, 0) is 9.47 Å². The van der Waals surface area contributed by atoms with E-state index in [1.54, 1.807) is 14.2 Å². The average molecular weight is 252 g/mol. The smallest absolute Gasteiger partial charge is 0.0637 e. The summed E-state index contributed by atoms with van der Waals surface area (Å²) < 4.78 is 10.2. The molecule has 0 saturated carbocycles. The van der Waals surface area contributed by atoms with Gasteiger partial charge < -0.3 is 20.1 Å². The monoisotopic (exact) mass is 252 g/mol. The fourth-order valence-corrected chi connectivity index (χ4v) is 1.80. The Morgan fingerprint density at radius 3 is 2.44 bits per heavy atom. The Bertz CT molecular complexity index is 356. The number of nitrogen functional groups attached to an aromatic ring is 1. The van der Waals surface area contributed by atoms with Gasteiger partial charge in [-0.1, -0.05) is 6.07 Å². The normalized spacial score (nSPS) is 10.6. The number of rotatable bonds is 8. The highest BCUT2D eigenvalue weighted by Crippen LogP contribution is 2.21. The van der Waals surface area contributed by atoms with Gasteiger partial charge in [0.05, 0.1) is 6.61 Å². The van der Waals surface area contributed by atoms with Crippen molar-refractivity contribution in [3.05, 3.63) is 23.8 Å². The fourth-order valence-electron chi connectivity index (χ4n) is 1.80. The van der Waals surface area contributed by atoms with Gasteiger partial charge in [0.15, 0.2) is 0 Å². The third kappa shape index (κ3) is 4.55. The average Bonchev–Trinajstić information content (AvgIpc) is 2.37. The van der Waals surface area contributed by atoms with E-state index in [0.717, 1.165) is 43.1 Å². The third-order valence-electron chi connectivity index (χ3n) is 2.97. The van der Waals surface area contributed by atoms with E-state index in [-0.39, 0.29) is 0 Å². The summed E-state index contributed by atoms with van der Waals surface area (Å²) in [7, 11) is 3.44. The van der Waals surface area contributed by atoms with Crippen LogP contribution < -0.4 is 10.6 Å². The van der Waals surface area contributed by atoms with Crippen molar-refractivity contribution < 1.29 is 9.47 Å². The molecule has 0 spiro atoms. The van der Waals surface area contributed by atoms with Gasteiger partial charge in [0.1, 0.15) is 0 Å². The van der Waals surface area contributed by atoms with E-state index in [4.69, 9.17) is 15.2 Å². The molecule has 1 aromatic carbocycles. The SMILES string of the molecule is COCCCN(CCOC)c1ccc(C)c(N)c1. The van der Waals surface area contributed by atoms with Crippen LogP contribution in [0.3, 0.4) is 0 Å². The van der Waals surface area contributed by atoms with Gasteiger partial charge in [-0.2, -0.15) is 0 Å². The lowest BCUT2D eigenvalue weighted by molar-refractivity contribution is 0.191. The van der Waals surface area contributed by atoms with Crippen molar-refractivity contribution in [1.82, 2.24) is 0 Å². The number of nitrogens with two attached hydrogens (primary N) is 1. The number of hydrogen-bond acceptors (Lipinski definition) is 4. The van der Waals surface area contributed by atoms with E-state index >= 15 is 0 Å². The number of methoxy groups -OCH3 is 2. The van der Waals surface area contributed by atoms with Gasteiger partial charge in [0.2, 0.25) is 0 Å². The van der Waals surface area contributed by atoms with Gasteiger partial charge in [0.25, 0.3) is 0 Å².